The van der Waals surface area contributed by atoms with Gasteiger partial charge in [0.05, 0.1) is 6.54 Å². The van der Waals surface area contributed by atoms with E-state index in [9.17, 15) is 0 Å². The standard InChI is InChI=1S/C16H22N2O/c1-13(2)18(12-16-5-4-14(3)19-16)11-8-15-6-9-17-10-7-15/h4-7,9-10,13H,8,11-12H2,1-3H3. The molecule has 0 bridgehead atoms. The van der Waals surface area contributed by atoms with Crippen molar-refractivity contribution < 1.29 is 4.42 Å². The number of rotatable bonds is 6. The van der Waals surface area contributed by atoms with Crippen LogP contribution >= 0.6 is 0 Å². The molecular weight excluding hydrogens is 236 g/mol. The van der Waals surface area contributed by atoms with E-state index in [1.54, 1.807) is 0 Å². The molecular formula is C16H22N2O. The normalized spacial score (nSPS) is 11.4. The lowest BCUT2D eigenvalue weighted by atomic mass is 10.1. The zero-order valence-electron chi connectivity index (χ0n) is 12.0. The Morgan fingerprint density at radius 2 is 1.89 bits per heavy atom. The molecule has 2 rings (SSSR count). The molecule has 0 saturated heterocycles. The number of aromatic nitrogens is 1. The molecule has 0 aliphatic heterocycles. The summed E-state index contributed by atoms with van der Waals surface area (Å²) in [5, 5.41) is 0. The Labute approximate surface area is 115 Å². The van der Waals surface area contributed by atoms with Gasteiger partial charge >= 0.3 is 0 Å². The van der Waals surface area contributed by atoms with Crippen molar-refractivity contribution in [3.63, 3.8) is 0 Å². The summed E-state index contributed by atoms with van der Waals surface area (Å²) in [5.74, 6) is 2.02. The van der Waals surface area contributed by atoms with Crippen LogP contribution in [0.3, 0.4) is 0 Å². The van der Waals surface area contributed by atoms with Crippen molar-refractivity contribution in [3.05, 3.63) is 53.7 Å². The van der Waals surface area contributed by atoms with Crippen molar-refractivity contribution in [1.29, 1.82) is 0 Å². The summed E-state index contributed by atoms with van der Waals surface area (Å²) in [6.45, 7) is 8.34. The number of furan rings is 1. The maximum Gasteiger partial charge on any atom is 0.118 e. The van der Waals surface area contributed by atoms with Crippen LogP contribution in [-0.2, 0) is 13.0 Å². The van der Waals surface area contributed by atoms with Crippen molar-refractivity contribution in [2.75, 3.05) is 6.54 Å². The van der Waals surface area contributed by atoms with E-state index >= 15 is 0 Å². The lowest BCUT2D eigenvalue weighted by Crippen LogP contribution is -2.32. The van der Waals surface area contributed by atoms with E-state index in [0.717, 1.165) is 31.0 Å². The highest BCUT2D eigenvalue weighted by Crippen LogP contribution is 2.12. The molecule has 0 unspecified atom stereocenters. The van der Waals surface area contributed by atoms with E-state index in [4.69, 9.17) is 4.42 Å². The zero-order chi connectivity index (χ0) is 13.7. The summed E-state index contributed by atoms with van der Waals surface area (Å²) in [6.07, 6.45) is 4.75. The first kappa shape index (κ1) is 13.8. The number of hydrogen-bond acceptors (Lipinski definition) is 3. The van der Waals surface area contributed by atoms with Crippen LogP contribution in [0.25, 0.3) is 0 Å². The molecule has 0 atom stereocenters. The predicted molar refractivity (Wildman–Crippen MR) is 76.9 cm³/mol. The van der Waals surface area contributed by atoms with Crippen molar-refractivity contribution in [3.8, 4) is 0 Å². The molecule has 0 spiro atoms. The Morgan fingerprint density at radius 3 is 2.47 bits per heavy atom. The predicted octanol–water partition coefficient (Wildman–Crippen LogP) is 3.44. The topological polar surface area (TPSA) is 29.3 Å². The SMILES string of the molecule is Cc1ccc(CN(CCc2ccncc2)C(C)C)o1. The zero-order valence-corrected chi connectivity index (χ0v) is 12.0. The van der Waals surface area contributed by atoms with E-state index in [0.29, 0.717) is 6.04 Å². The summed E-state index contributed by atoms with van der Waals surface area (Å²) >= 11 is 0. The van der Waals surface area contributed by atoms with Crippen molar-refractivity contribution in [1.82, 2.24) is 9.88 Å². The molecule has 0 aromatic carbocycles. The Balaban J connectivity index is 1.93. The largest absolute Gasteiger partial charge is 0.465 e. The first-order valence-corrected chi connectivity index (χ1v) is 6.83. The van der Waals surface area contributed by atoms with Crippen LogP contribution in [0, 0.1) is 6.92 Å². The van der Waals surface area contributed by atoms with Crippen LogP contribution in [0.5, 0.6) is 0 Å². The van der Waals surface area contributed by atoms with Crippen molar-refractivity contribution in [2.45, 2.75) is 39.8 Å². The van der Waals surface area contributed by atoms with Crippen LogP contribution in [0.1, 0.15) is 30.9 Å². The molecule has 2 aromatic rings. The monoisotopic (exact) mass is 258 g/mol. The number of aryl methyl sites for hydroxylation is 1. The first-order chi connectivity index (χ1) is 9.15. The molecule has 0 aliphatic carbocycles. The molecule has 2 aromatic heterocycles. The fourth-order valence-electron chi connectivity index (χ4n) is 2.11. The molecule has 3 nitrogen and oxygen atoms in total. The van der Waals surface area contributed by atoms with Gasteiger partial charge in [0, 0.05) is 25.0 Å². The third-order valence-electron chi connectivity index (χ3n) is 3.32. The summed E-state index contributed by atoms with van der Waals surface area (Å²) in [6, 6.07) is 8.76. The van der Waals surface area contributed by atoms with E-state index in [1.807, 2.05) is 25.4 Å². The second kappa shape index (κ2) is 6.53. The maximum atomic E-state index is 5.66. The second-order valence-corrected chi connectivity index (χ2v) is 5.18. The number of nitrogens with zero attached hydrogens (tertiary/aromatic N) is 2. The molecule has 0 fully saturated rings. The van der Waals surface area contributed by atoms with Crippen molar-refractivity contribution in [2.24, 2.45) is 0 Å². The quantitative estimate of drug-likeness (QED) is 0.795. The average molecular weight is 258 g/mol. The van der Waals surface area contributed by atoms with Gasteiger partial charge in [0.1, 0.15) is 11.5 Å². The third-order valence-corrected chi connectivity index (χ3v) is 3.32. The molecule has 0 saturated carbocycles. The highest BCUT2D eigenvalue weighted by molar-refractivity contribution is 5.10. The summed E-state index contributed by atoms with van der Waals surface area (Å²) in [7, 11) is 0. The van der Waals surface area contributed by atoms with Crippen LogP contribution in [0.15, 0.2) is 41.1 Å². The van der Waals surface area contributed by atoms with Gasteiger partial charge in [0.15, 0.2) is 0 Å². The summed E-state index contributed by atoms with van der Waals surface area (Å²) in [5.41, 5.74) is 1.33. The van der Waals surface area contributed by atoms with Crippen LogP contribution < -0.4 is 0 Å². The van der Waals surface area contributed by atoms with E-state index in [-0.39, 0.29) is 0 Å². The van der Waals surface area contributed by atoms with Crippen molar-refractivity contribution >= 4 is 0 Å². The second-order valence-electron chi connectivity index (χ2n) is 5.18. The van der Waals surface area contributed by atoms with Crippen LogP contribution in [-0.4, -0.2) is 22.5 Å². The smallest absolute Gasteiger partial charge is 0.118 e. The van der Waals surface area contributed by atoms with E-state index in [1.165, 1.54) is 5.56 Å². The van der Waals surface area contributed by atoms with Gasteiger partial charge in [-0.25, -0.2) is 0 Å². The lowest BCUT2D eigenvalue weighted by molar-refractivity contribution is 0.198. The summed E-state index contributed by atoms with van der Waals surface area (Å²) in [4.78, 5) is 6.48. The fourth-order valence-corrected chi connectivity index (χ4v) is 2.11. The maximum absolute atomic E-state index is 5.66. The van der Waals surface area contributed by atoms with E-state index < -0.39 is 0 Å². The van der Waals surface area contributed by atoms with Crippen LogP contribution in [0.4, 0.5) is 0 Å². The Kier molecular flexibility index (Phi) is 4.74. The molecule has 19 heavy (non-hydrogen) atoms. The molecule has 0 radical (unpaired) electrons. The van der Waals surface area contributed by atoms with Gasteiger partial charge in [-0.15, -0.1) is 0 Å². The Hall–Kier alpha value is -1.61. The van der Waals surface area contributed by atoms with E-state index in [2.05, 4.69) is 41.9 Å². The molecule has 0 aliphatic rings. The average Bonchev–Trinajstić information content (AvgIpc) is 2.81. The number of hydrogen-bond donors (Lipinski definition) is 0. The van der Waals surface area contributed by atoms with Gasteiger partial charge in [0.2, 0.25) is 0 Å². The minimum atomic E-state index is 0.507. The molecule has 3 heteroatoms. The van der Waals surface area contributed by atoms with Gasteiger partial charge in [-0.05, 0) is 57.0 Å². The molecule has 0 amide bonds. The van der Waals surface area contributed by atoms with Gasteiger partial charge in [-0.2, -0.15) is 0 Å². The van der Waals surface area contributed by atoms with Gasteiger partial charge in [-0.1, -0.05) is 0 Å². The van der Waals surface area contributed by atoms with Gasteiger partial charge in [-0.3, -0.25) is 9.88 Å². The summed E-state index contributed by atoms with van der Waals surface area (Å²) < 4.78 is 5.66. The van der Waals surface area contributed by atoms with Gasteiger partial charge in [0.25, 0.3) is 0 Å². The molecule has 0 N–H and O–H groups in total. The fraction of sp³-hybridized carbons (Fsp3) is 0.438. The number of pyridine rings is 1. The Morgan fingerprint density at radius 1 is 1.16 bits per heavy atom. The minimum Gasteiger partial charge on any atom is -0.465 e. The minimum absolute atomic E-state index is 0.507. The molecule has 102 valence electrons. The van der Waals surface area contributed by atoms with Gasteiger partial charge < -0.3 is 4.42 Å². The molecule has 2 heterocycles. The highest BCUT2D eigenvalue weighted by Gasteiger charge is 2.12. The lowest BCUT2D eigenvalue weighted by Gasteiger charge is -2.25. The third kappa shape index (κ3) is 4.21. The first-order valence-electron chi connectivity index (χ1n) is 6.83. The van der Waals surface area contributed by atoms with Crippen LogP contribution in [0.2, 0.25) is 0 Å². The highest BCUT2D eigenvalue weighted by atomic mass is 16.3. The Bertz CT molecular complexity index is 490.